The largest absolute Gasteiger partial charge is 0.265 e. The van der Waals surface area contributed by atoms with Crippen molar-refractivity contribution in [2.24, 2.45) is 0 Å². The molecule has 0 aliphatic heterocycles. The van der Waals surface area contributed by atoms with Gasteiger partial charge in [0.2, 0.25) is 0 Å². The van der Waals surface area contributed by atoms with Gasteiger partial charge in [-0.3, -0.25) is 4.98 Å². The smallest absolute Gasteiger partial charge is 0.150 e. The Balaban J connectivity index is 2.23. The fraction of sp³-hybridized carbons (Fsp3) is 0. The highest BCUT2D eigenvalue weighted by molar-refractivity contribution is 7.22. The van der Waals surface area contributed by atoms with Crippen LogP contribution in [0.3, 0.4) is 0 Å². The summed E-state index contributed by atoms with van der Waals surface area (Å²) < 4.78 is 0.927. The monoisotopic (exact) mass is 247 g/mol. The second kappa shape index (κ2) is 3.81. The van der Waals surface area contributed by atoms with Crippen LogP contribution in [0, 0.1) is 0 Å². The van der Waals surface area contributed by atoms with Crippen molar-refractivity contribution in [3.8, 4) is 10.4 Å². The number of fused-ring (bicyclic) bond motifs is 1. The van der Waals surface area contributed by atoms with Crippen LogP contribution in [0.5, 0.6) is 0 Å². The zero-order chi connectivity index (χ0) is 11.0. The van der Waals surface area contributed by atoms with Crippen molar-refractivity contribution >= 4 is 33.2 Å². The van der Waals surface area contributed by atoms with Crippen LogP contribution in [0.25, 0.3) is 20.7 Å². The van der Waals surface area contributed by atoms with Crippen molar-refractivity contribution in [2.75, 3.05) is 0 Å². The van der Waals surface area contributed by atoms with Crippen LogP contribution in [0.15, 0.2) is 36.9 Å². The molecule has 0 radical (unpaired) electrons. The number of hydrogen-bond acceptors (Lipinski definition) is 4. The summed E-state index contributed by atoms with van der Waals surface area (Å²) in [6.07, 6.45) is 5.02. The highest BCUT2D eigenvalue weighted by Gasteiger charge is 2.08. The van der Waals surface area contributed by atoms with Gasteiger partial charge < -0.3 is 0 Å². The van der Waals surface area contributed by atoms with Crippen molar-refractivity contribution in [3.05, 3.63) is 42.1 Å². The lowest BCUT2D eigenvalue weighted by molar-refractivity contribution is 1.23. The van der Waals surface area contributed by atoms with E-state index in [1.54, 1.807) is 23.7 Å². The van der Waals surface area contributed by atoms with Crippen LogP contribution in [0.4, 0.5) is 0 Å². The van der Waals surface area contributed by atoms with E-state index in [0.29, 0.717) is 5.15 Å². The van der Waals surface area contributed by atoms with E-state index in [-0.39, 0.29) is 0 Å². The summed E-state index contributed by atoms with van der Waals surface area (Å²) >= 11 is 7.60. The van der Waals surface area contributed by atoms with Crippen molar-refractivity contribution in [1.82, 2.24) is 15.0 Å². The van der Waals surface area contributed by atoms with Crippen molar-refractivity contribution in [3.63, 3.8) is 0 Å². The van der Waals surface area contributed by atoms with Crippen LogP contribution < -0.4 is 0 Å². The first-order chi connectivity index (χ1) is 7.84. The zero-order valence-electron chi connectivity index (χ0n) is 8.09. The third-order valence-electron chi connectivity index (χ3n) is 2.23. The van der Waals surface area contributed by atoms with Gasteiger partial charge in [0, 0.05) is 17.3 Å². The van der Waals surface area contributed by atoms with Gasteiger partial charge in [-0.15, -0.1) is 11.3 Å². The Morgan fingerprint density at radius 3 is 2.69 bits per heavy atom. The van der Waals surface area contributed by atoms with Crippen LogP contribution in [0.2, 0.25) is 5.15 Å². The number of halogens is 1. The summed E-state index contributed by atoms with van der Waals surface area (Å²) in [5.74, 6) is 0. The van der Waals surface area contributed by atoms with Gasteiger partial charge in [-0.2, -0.15) is 0 Å². The molecule has 0 spiro atoms. The maximum Gasteiger partial charge on any atom is 0.150 e. The third kappa shape index (κ3) is 1.56. The molecule has 0 saturated carbocycles. The molecule has 0 fully saturated rings. The lowest BCUT2D eigenvalue weighted by Gasteiger charge is -1.93. The summed E-state index contributed by atoms with van der Waals surface area (Å²) in [5.41, 5.74) is 2.01. The summed E-state index contributed by atoms with van der Waals surface area (Å²) in [7, 11) is 0. The number of hydrogen-bond donors (Lipinski definition) is 0. The molecule has 3 aromatic heterocycles. The molecule has 0 amide bonds. The van der Waals surface area contributed by atoms with E-state index in [1.165, 1.54) is 6.33 Å². The van der Waals surface area contributed by atoms with Gasteiger partial charge in [0.1, 0.15) is 11.5 Å². The summed E-state index contributed by atoms with van der Waals surface area (Å²) in [5, 5.41) is 0.510. The summed E-state index contributed by atoms with van der Waals surface area (Å²) in [4.78, 5) is 13.3. The Morgan fingerprint density at radius 1 is 1.12 bits per heavy atom. The van der Waals surface area contributed by atoms with Gasteiger partial charge >= 0.3 is 0 Å². The normalized spacial score (nSPS) is 10.8. The van der Waals surface area contributed by atoms with Gasteiger partial charge in [0.15, 0.2) is 0 Å². The van der Waals surface area contributed by atoms with Gasteiger partial charge in [0.25, 0.3) is 0 Å². The minimum Gasteiger partial charge on any atom is -0.265 e. The molecule has 3 nitrogen and oxygen atoms in total. The number of thiophene rings is 1. The molecule has 0 aliphatic carbocycles. The minimum absolute atomic E-state index is 0.510. The molecule has 3 aromatic rings. The fourth-order valence-electron chi connectivity index (χ4n) is 1.48. The Bertz CT molecular complexity index is 636. The molecule has 78 valence electrons. The Kier molecular flexibility index (Phi) is 2.31. The van der Waals surface area contributed by atoms with E-state index in [2.05, 4.69) is 15.0 Å². The quantitative estimate of drug-likeness (QED) is 0.619. The predicted octanol–water partition coefficient (Wildman–Crippen LogP) is 3.41. The summed E-state index contributed by atoms with van der Waals surface area (Å²) in [6.45, 7) is 0. The molecule has 16 heavy (non-hydrogen) atoms. The molecule has 0 aromatic carbocycles. The molecule has 0 bridgehead atoms. The Hall–Kier alpha value is -1.52. The maximum atomic E-state index is 6.00. The van der Waals surface area contributed by atoms with E-state index in [4.69, 9.17) is 11.6 Å². The van der Waals surface area contributed by atoms with Crippen LogP contribution in [0.1, 0.15) is 0 Å². The molecular formula is C11H6ClN3S. The average Bonchev–Trinajstić information content (AvgIpc) is 2.76. The molecule has 0 aliphatic rings. The standard InChI is InChI=1S/C11H6ClN3S/c12-11-10-8(14-6-15-11)5-9(16-10)7-1-3-13-4-2-7/h1-6H. The first kappa shape index (κ1) is 9.69. The highest BCUT2D eigenvalue weighted by Crippen LogP contribution is 2.34. The average molecular weight is 248 g/mol. The van der Waals surface area contributed by atoms with E-state index in [1.807, 2.05) is 18.2 Å². The molecule has 3 heterocycles. The van der Waals surface area contributed by atoms with Crippen LogP contribution >= 0.6 is 22.9 Å². The Morgan fingerprint density at radius 2 is 1.94 bits per heavy atom. The van der Waals surface area contributed by atoms with E-state index >= 15 is 0 Å². The minimum atomic E-state index is 0.510. The second-order valence-corrected chi connectivity index (χ2v) is 4.64. The molecule has 3 rings (SSSR count). The van der Waals surface area contributed by atoms with Crippen molar-refractivity contribution in [2.45, 2.75) is 0 Å². The van der Waals surface area contributed by atoms with Crippen LogP contribution in [-0.4, -0.2) is 15.0 Å². The maximum absolute atomic E-state index is 6.00. The molecule has 0 saturated heterocycles. The number of pyridine rings is 1. The first-order valence-electron chi connectivity index (χ1n) is 4.65. The number of aromatic nitrogens is 3. The van der Waals surface area contributed by atoms with Gasteiger partial charge in [0.05, 0.1) is 10.2 Å². The molecule has 0 unspecified atom stereocenters. The second-order valence-electron chi connectivity index (χ2n) is 3.23. The topological polar surface area (TPSA) is 38.7 Å². The van der Waals surface area contributed by atoms with E-state index in [0.717, 1.165) is 20.7 Å². The lowest BCUT2D eigenvalue weighted by atomic mass is 10.2. The van der Waals surface area contributed by atoms with Gasteiger partial charge in [-0.05, 0) is 23.8 Å². The first-order valence-corrected chi connectivity index (χ1v) is 5.84. The third-order valence-corrected chi connectivity index (χ3v) is 3.81. The zero-order valence-corrected chi connectivity index (χ0v) is 9.66. The van der Waals surface area contributed by atoms with Gasteiger partial charge in [-0.25, -0.2) is 9.97 Å². The molecular weight excluding hydrogens is 242 g/mol. The van der Waals surface area contributed by atoms with E-state index in [9.17, 15) is 0 Å². The van der Waals surface area contributed by atoms with Crippen molar-refractivity contribution < 1.29 is 0 Å². The Labute approximate surface area is 101 Å². The summed E-state index contributed by atoms with van der Waals surface area (Å²) in [6, 6.07) is 5.95. The van der Waals surface area contributed by atoms with Crippen molar-refractivity contribution in [1.29, 1.82) is 0 Å². The molecule has 5 heteroatoms. The number of nitrogens with zero attached hydrogens (tertiary/aromatic N) is 3. The highest BCUT2D eigenvalue weighted by atomic mass is 35.5. The number of rotatable bonds is 1. The molecule has 0 N–H and O–H groups in total. The van der Waals surface area contributed by atoms with Gasteiger partial charge in [-0.1, -0.05) is 11.6 Å². The fourth-order valence-corrected chi connectivity index (χ4v) is 2.74. The molecule has 0 atom stereocenters. The van der Waals surface area contributed by atoms with E-state index < -0.39 is 0 Å². The van der Waals surface area contributed by atoms with Crippen LogP contribution in [-0.2, 0) is 0 Å². The SMILES string of the molecule is Clc1ncnc2cc(-c3ccncc3)sc12. The predicted molar refractivity (Wildman–Crippen MR) is 65.7 cm³/mol. The lowest BCUT2D eigenvalue weighted by Crippen LogP contribution is -1.76.